The minimum Gasteiger partial charge on any atom is -0.339 e. The molecule has 0 radical (unpaired) electrons. The number of hydrogen-bond donors (Lipinski definition) is 0. The zero-order valence-electron chi connectivity index (χ0n) is 21.1. The van der Waals surface area contributed by atoms with Gasteiger partial charge in [0, 0.05) is 55.6 Å². The first kappa shape index (κ1) is 25.6. The molecule has 0 atom stereocenters. The lowest BCUT2D eigenvalue weighted by atomic mass is 9.99. The Morgan fingerprint density at radius 2 is 1.64 bits per heavy atom. The van der Waals surface area contributed by atoms with Crippen LogP contribution < -0.4 is 4.90 Å². The van der Waals surface area contributed by atoms with E-state index in [0.29, 0.717) is 29.9 Å². The van der Waals surface area contributed by atoms with E-state index in [2.05, 4.69) is 29.2 Å². The van der Waals surface area contributed by atoms with Crippen LogP contribution in [0.4, 0.5) is 15.8 Å². The molecule has 188 valence electrons. The molecule has 1 aliphatic rings. The number of carbonyl (C=O) groups excluding carboxylic acids is 2. The van der Waals surface area contributed by atoms with Crippen LogP contribution in [0.25, 0.3) is 0 Å². The molecule has 1 heterocycles. The molecule has 5 nitrogen and oxygen atoms in total. The smallest absolute Gasteiger partial charge is 0.253 e. The van der Waals surface area contributed by atoms with Crippen molar-refractivity contribution in [3.8, 4) is 0 Å². The van der Waals surface area contributed by atoms with Crippen molar-refractivity contribution < 1.29 is 14.0 Å². The van der Waals surface area contributed by atoms with Crippen LogP contribution in [0.3, 0.4) is 0 Å². The summed E-state index contributed by atoms with van der Waals surface area (Å²) in [6, 6.07) is 22.4. The SMILES string of the molecule is CCN(CC)C(=O)c1ccc(N(c2cc(C=O)ccc2F)C2CCN(Cc3ccccc3)CC2)cc1. The molecule has 1 aliphatic heterocycles. The molecule has 3 aromatic carbocycles. The average Bonchev–Trinajstić information content (AvgIpc) is 2.92. The first-order valence-corrected chi connectivity index (χ1v) is 12.7. The van der Waals surface area contributed by atoms with Gasteiger partial charge in [0.25, 0.3) is 5.91 Å². The molecule has 0 aliphatic carbocycles. The number of hydrogen-bond acceptors (Lipinski definition) is 4. The molecule has 0 spiro atoms. The first-order chi connectivity index (χ1) is 17.5. The third-order valence-corrected chi connectivity index (χ3v) is 6.98. The number of benzene rings is 3. The van der Waals surface area contributed by atoms with Crippen LogP contribution in [0.5, 0.6) is 0 Å². The molecule has 4 rings (SSSR count). The Labute approximate surface area is 213 Å². The molecule has 0 aromatic heterocycles. The molecular formula is C30H34FN3O2. The number of likely N-dealkylation sites (tertiary alicyclic amines) is 1. The van der Waals surface area contributed by atoms with Gasteiger partial charge in [0.05, 0.1) is 5.69 Å². The van der Waals surface area contributed by atoms with E-state index in [1.807, 2.05) is 49.1 Å². The van der Waals surface area contributed by atoms with E-state index in [0.717, 1.165) is 44.4 Å². The van der Waals surface area contributed by atoms with Crippen LogP contribution in [0, 0.1) is 5.82 Å². The Kier molecular flexibility index (Phi) is 8.49. The van der Waals surface area contributed by atoms with Crippen molar-refractivity contribution in [2.45, 2.75) is 39.3 Å². The summed E-state index contributed by atoms with van der Waals surface area (Å²) in [5.74, 6) is -0.378. The highest BCUT2D eigenvalue weighted by molar-refractivity contribution is 5.94. The van der Waals surface area contributed by atoms with Crippen molar-refractivity contribution in [2.75, 3.05) is 31.1 Å². The summed E-state index contributed by atoms with van der Waals surface area (Å²) >= 11 is 0. The quantitative estimate of drug-likeness (QED) is 0.351. The highest BCUT2D eigenvalue weighted by Crippen LogP contribution is 2.35. The largest absolute Gasteiger partial charge is 0.339 e. The molecule has 0 unspecified atom stereocenters. The second-order valence-electron chi connectivity index (χ2n) is 9.22. The Balaban J connectivity index is 1.60. The minimum atomic E-state index is -0.365. The summed E-state index contributed by atoms with van der Waals surface area (Å²) < 4.78 is 15.1. The maximum atomic E-state index is 15.1. The third-order valence-electron chi connectivity index (χ3n) is 6.98. The molecule has 0 bridgehead atoms. The summed E-state index contributed by atoms with van der Waals surface area (Å²) in [6.07, 6.45) is 2.46. The Morgan fingerprint density at radius 3 is 2.25 bits per heavy atom. The molecule has 3 aromatic rings. The molecular weight excluding hydrogens is 453 g/mol. The van der Waals surface area contributed by atoms with Crippen molar-refractivity contribution in [3.63, 3.8) is 0 Å². The van der Waals surface area contributed by atoms with Gasteiger partial charge in [0.2, 0.25) is 0 Å². The number of anilines is 2. The van der Waals surface area contributed by atoms with E-state index >= 15 is 4.39 Å². The van der Waals surface area contributed by atoms with Gasteiger partial charge in [-0.05, 0) is 74.7 Å². The topological polar surface area (TPSA) is 43.9 Å². The van der Waals surface area contributed by atoms with Crippen molar-refractivity contribution in [3.05, 3.63) is 95.3 Å². The van der Waals surface area contributed by atoms with Gasteiger partial charge in [-0.1, -0.05) is 30.3 Å². The molecule has 0 saturated carbocycles. The van der Waals surface area contributed by atoms with Crippen molar-refractivity contribution >= 4 is 23.6 Å². The lowest BCUT2D eigenvalue weighted by Crippen LogP contribution is -2.43. The van der Waals surface area contributed by atoms with Gasteiger partial charge in [-0.25, -0.2) is 4.39 Å². The van der Waals surface area contributed by atoms with Gasteiger partial charge >= 0.3 is 0 Å². The zero-order valence-corrected chi connectivity index (χ0v) is 21.1. The number of piperidine rings is 1. The summed E-state index contributed by atoms with van der Waals surface area (Å²) in [4.78, 5) is 30.5. The molecule has 6 heteroatoms. The average molecular weight is 488 g/mol. The molecule has 0 N–H and O–H groups in total. The van der Waals surface area contributed by atoms with E-state index in [1.54, 1.807) is 11.0 Å². The van der Waals surface area contributed by atoms with E-state index in [4.69, 9.17) is 0 Å². The maximum absolute atomic E-state index is 15.1. The monoisotopic (exact) mass is 487 g/mol. The van der Waals surface area contributed by atoms with E-state index < -0.39 is 0 Å². The highest BCUT2D eigenvalue weighted by atomic mass is 19.1. The van der Waals surface area contributed by atoms with Gasteiger partial charge in [0.15, 0.2) is 0 Å². The molecule has 1 fully saturated rings. The molecule has 36 heavy (non-hydrogen) atoms. The fraction of sp³-hybridized carbons (Fsp3) is 0.333. The predicted octanol–water partition coefficient (Wildman–Crippen LogP) is 5.92. The van der Waals surface area contributed by atoms with Crippen LogP contribution in [-0.4, -0.2) is 54.2 Å². The summed E-state index contributed by atoms with van der Waals surface area (Å²) in [7, 11) is 0. The van der Waals surface area contributed by atoms with Gasteiger partial charge in [-0.15, -0.1) is 0 Å². The lowest BCUT2D eigenvalue weighted by Gasteiger charge is -2.40. The van der Waals surface area contributed by atoms with Crippen LogP contribution in [0.1, 0.15) is 53.0 Å². The van der Waals surface area contributed by atoms with Crippen LogP contribution in [0.15, 0.2) is 72.8 Å². The number of carbonyl (C=O) groups is 2. The van der Waals surface area contributed by atoms with Crippen LogP contribution >= 0.6 is 0 Å². The van der Waals surface area contributed by atoms with E-state index in [1.165, 1.54) is 17.7 Å². The van der Waals surface area contributed by atoms with Gasteiger partial charge in [0.1, 0.15) is 12.1 Å². The van der Waals surface area contributed by atoms with Gasteiger partial charge in [-0.3, -0.25) is 14.5 Å². The van der Waals surface area contributed by atoms with Crippen LogP contribution in [0.2, 0.25) is 0 Å². The summed E-state index contributed by atoms with van der Waals surface area (Å²) in [6.45, 7) is 7.90. The highest BCUT2D eigenvalue weighted by Gasteiger charge is 2.28. The zero-order chi connectivity index (χ0) is 25.5. The Hall–Kier alpha value is -3.51. The number of amides is 1. The maximum Gasteiger partial charge on any atom is 0.253 e. The van der Waals surface area contributed by atoms with Gasteiger partial charge < -0.3 is 9.80 Å². The van der Waals surface area contributed by atoms with E-state index in [9.17, 15) is 9.59 Å². The van der Waals surface area contributed by atoms with Gasteiger partial charge in [-0.2, -0.15) is 0 Å². The number of nitrogens with zero attached hydrogens (tertiary/aromatic N) is 3. The normalized spacial score (nSPS) is 14.4. The number of aldehydes is 1. The van der Waals surface area contributed by atoms with Crippen LogP contribution in [-0.2, 0) is 6.54 Å². The number of halogens is 1. The Bertz CT molecular complexity index is 1150. The minimum absolute atomic E-state index is 0.0125. The first-order valence-electron chi connectivity index (χ1n) is 12.7. The summed E-state index contributed by atoms with van der Waals surface area (Å²) in [5.41, 5.74) is 3.54. The van der Waals surface area contributed by atoms with Crippen molar-refractivity contribution in [1.29, 1.82) is 0 Å². The third kappa shape index (κ3) is 5.82. The summed E-state index contributed by atoms with van der Waals surface area (Å²) in [5, 5.41) is 0. The predicted molar refractivity (Wildman–Crippen MR) is 142 cm³/mol. The molecule has 1 saturated heterocycles. The molecule has 1 amide bonds. The van der Waals surface area contributed by atoms with E-state index in [-0.39, 0.29) is 17.8 Å². The second-order valence-corrected chi connectivity index (χ2v) is 9.22. The number of rotatable bonds is 9. The van der Waals surface area contributed by atoms with Crippen molar-refractivity contribution in [2.24, 2.45) is 0 Å². The van der Waals surface area contributed by atoms with Crippen molar-refractivity contribution in [1.82, 2.24) is 9.80 Å². The standard InChI is InChI=1S/C30H34FN3O2/c1-3-33(4-2)30(36)25-11-13-26(14-12-25)34(29-20-24(22-35)10-15-28(29)31)27-16-18-32(19-17-27)21-23-8-6-5-7-9-23/h5-15,20,22,27H,3-4,16-19,21H2,1-2H3. The fourth-order valence-corrected chi connectivity index (χ4v) is 4.97. The lowest BCUT2D eigenvalue weighted by molar-refractivity contribution is 0.0773. The fourth-order valence-electron chi connectivity index (χ4n) is 4.97. The Morgan fingerprint density at radius 1 is 0.972 bits per heavy atom. The second kappa shape index (κ2) is 12.0.